The van der Waals surface area contributed by atoms with Gasteiger partial charge in [0.25, 0.3) is 0 Å². The zero-order valence-corrected chi connectivity index (χ0v) is 15.3. The summed E-state index contributed by atoms with van der Waals surface area (Å²) in [5.74, 6) is 0. The van der Waals surface area contributed by atoms with Crippen LogP contribution in [0.3, 0.4) is 0 Å². The Kier molecular flexibility index (Phi) is 6.08. The first-order valence-electron chi connectivity index (χ1n) is 7.97. The fraction of sp³-hybridized carbons (Fsp3) is 0.647. The average molecular weight is 354 g/mol. The topological polar surface area (TPSA) is 18.5 Å². The van der Waals surface area contributed by atoms with Gasteiger partial charge in [0.2, 0.25) is 0 Å². The number of nitrogens with one attached hydrogen (secondary N) is 1. The Hall–Kier alpha value is -0.580. The van der Waals surface area contributed by atoms with Gasteiger partial charge in [0.15, 0.2) is 0 Å². The van der Waals surface area contributed by atoms with Gasteiger partial charge in [-0.25, -0.2) is 0 Å². The fourth-order valence-corrected chi connectivity index (χ4v) is 3.55. The van der Waals surface area contributed by atoms with Crippen molar-refractivity contribution in [3.63, 3.8) is 0 Å². The van der Waals surface area contributed by atoms with Crippen LogP contribution in [0.2, 0.25) is 0 Å². The molecule has 3 nitrogen and oxygen atoms in total. The maximum atomic E-state index is 3.63. The van der Waals surface area contributed by atoms with Crippen molar-refractivity contribution in [3.8, 4) is 0 Å². The molecule has 0 amide bonds. The van der Waals surface area contributed by atoms with Crippen LogP contribution in [0.1, 0.15) is 38.3 Å². The maximum absolute atomic E-state index is 3.63. The first-order valence-corrected chi connectivity index (χ1v) is 8.76. The van der Waals surface area contributed by atoms with Gasteiger partial charge in [0.1, 0.15) is 0 Å². The van der Waals surface area contributed by atoms with Crippen molar-refractivity contribution in [1.29, 1.82) is 0 Å². The molecular formula is C17H28BrN3. The number of hydrogen-bond acceptors (Lipinski definition) is 3. The molecule has 4 heteroatoms. The highest BCUT2D eigenvalue weighted by Gasteiger charge is 2.23. The molecular weight excluding hydrogens is 326 g/mol. The van der Waals surface area contributed by atoms with E-state index in [-0.39, 0.29) is 0 Å². The van der Waals surface area contributed by atoms with E-state index in [9.17, 15) is 0 Å². The molecule has 1 atom stereocenters. The zero-order valence-electron chi connectivity index (χ0n) is 13.7. The molecule has 1 aromatic rings. The largest absolute Gasteiger partial charge is 0.371 e. The van der Waals surface area contributed by atoms with Crippen molar-refractivity contribution < 1.29 is 0 Å². The number of benzene rings is 1. The van der Waals surface area contributed by atoms with Crippen LogP contribution < -0.4 is 10.2 Å². The van der Waals surface area contributed by atoms with E-state index in [4.69, 9.17) is 0 Å². The molecule has 1 heterocycles. The highest BCUT2D eigenvalue weighted by molar-refractivity contribution is 9.10. The lowest BCUT2D eigenvalue weighted by atomic mass is 10.00. The van der Waals surface area contributed by atoms with Crippen LogP contribution in [-0.4, -0.2) is 44.7 Å². The monoisotopic (exact) mass is 353 g/mol. The van der Waals surface area contributed by atoms with Gasteiger partial charge >= 0.3 is 0 Å². The Morgan fingerprint density at radius 2 is 2.00 bits per heavy atom. The molecule has 0 saturated carbocycles. The summed E-state index contributed by atoms with van der Waals surface area (Å²) in [6, 6.07) is 7.80. The van der Waals surface area contributed by atoms with Crippen molar-refractivity contribution in [1.82, 2.24) is 10.2 Å². The molecule has 1 saturated heterocycles. The van der Waals surface area contributed by atoms with E-state index in [1.54, 1.807) is 0 Å². The molecule has 1 fully saturated rings. The van der Waals surface area contributed by atoms with Crippen LogP contribution in [0.5, 0.6) is 0 Å². The van der Waals surface area contributed by atoms with Crippen LogP contribution in [-0.2, 0) is 0 Å². The summed E-state index contributed by atoms with van der Waals surface area (Å²) in [6.07, 6.45) is 2.49. The van der Waals surface area contributed by atoms with Crippen molar-refractivity contribution in [2.24, 2.45) is 0 Å². The number of anilines is 1. The molecule has 0 radical (unpaired) electrons. The van der Waals surface area contributed by atoms with Crippen molar-refractivity contribution in [3.05, 3.63) is 28.2 Å². The van der Waals surface area contributed by atoms with Gasteiger partial charge in [-0.3, -0.25) is 0 Å². The van der Waals surface area contributed by atoms with Crippen LogP contribution in [0, 0.1) is 0 Å². The number of nitrogens with zero attached hydrogens (tertiary/aromatic N) is 2. The second-order valence-electron chi connectivity index (χ2n) is 6.16. The van der Waals surface area contributed by atoms with Crippen LogP contribution in [0.25, 0.3) is 0 Å². The number of hydrogen-bond donors (Lipinski definition) is 1. The number of piperidine rings is 1. The SMILES string of the molecule is CCNC(C)c1ccc(Br)cc1N1CCC(N(C)C)CC1. The Labute approximate surface area is 137 Å². The highest BCUT2D eigenvalue weighted by atomic mass is 79.9. The van der Waals surface area contributed by atoms with Gasteiger partial charge in [0, 0.05) is 35.3 Å². The van der Waals surface area contributed by atoms with Gasteiger partial charge in [-0.2, -0.15) is 0 Å². The first kappa shape index (κ1) is 16.8. The summed E-state index contributed by atoms with van der Waals surface area (Å²) in [7, 11) is 4.39. The lowest BCUT2D eigenvalue weighted by molar-refractivity contribution is 0.249. The Morgan fingerprint density at radius 1 is 1.33 bits per heavy atom. The van der Waals surface area contributed by atoms with Gasteiger partial charge in [-0.05, 0) is 58.1 Å². The van der Waals surface area contributed by atoms with Crippen LogP contribution >= 0.6 is 15.9 Å². The quantitative estimate of drug-likeness (QED) is 0.871. The molecule has 2 rings (SSSR count). The average Bonchev–Trinajstić information content (AvgIpc) is 2.47. The van der Waals surface area contributed by atoms with E-state index >= 15 is 0 Å². The number of rotatable bonds is 5. The molecule has 0 aromatic heterocycles. The van der Waals surface area contributed by atoms with Gasteiger partial charge in [0.05, 0.1) is 0 Å². The lowest BCUT2D eigenvalue weighted by Gasteiger charge is -2.38. The van der Waals surface area contributed by atoms with E-state index in [0.717, 1.165) is 25.7 Å². The third-order valence-electron chi connectivity index (χ3n) is 4.50. The molecule has 1 aliphatic rings. The van der Waals surface area contributed by atoms with Crippen molar-refractivity contribution in [2.45, 2.75) is 38.8 Å². The van der Waals surface area contributed by atoms with E-state index < -0.39 is 0 Å². The minimum absolute atomic E-state index is 0.393. The Bertz CT molecular complexity index is 453. The van der Waals surface area contributed by atoms with Gasteiger partial charge in [-0.15, -0.1) is 0 Å². The molecule has 1 N–H and O–H groups in total. The summed E-state index contributed by atoms with van der Waals surface area (Å²) in [6.45, 7) is 7.70. The normalized spacial score (nSPS) is 18.3. The van der Waals surface area contributed by atoms with E-state index in [1.807, 2.05) is 0 Å². The minimum Gasteiger partial charge on any atom is -0.371 e. The van der Waals surface area contributed by atoms with Crippen LogP contribution in [0.4, 0.5) is 5.69 Å². The third kappa shape index (κ3) is 4.21. The molecule has 1 unspecified atom stereocenters. The maximum Gasteiger partial charge on any atom is 0.0425 e. The molecule has 0 spiro atoms. The molecule has 0 aliphatic carbocycles. The smallest absolute Gasteiger partial charge is 0.0425 e. The fourth-order valence-electron chi connectivity index (χ4n) is 3.20. The number of halogens is 1. The summed E-state index contributed by atoms with van der Waals surface area (Å²) in [4.78, 5) is 4.91. The summed E-state index contributed by atoms with van der Waals surface area (Å²) in [5.41, 5.74) is 2.79. The third-order valence-corrected chi connectivity index (χ3v) is 5.00. The molecule has 0 bridgehead atoms. The Balaban J connectivity index is 2.17. The second kappa shape index (κ2) is 7.61. The highest BCUT2D eigenvalue weighted by Crippen LogP contribution is 2.32. The predicted molar refractivity (Wildman–Crippen MR) is 95.2 cm³/mol. The van der Waals surface area contributed by atoms with Gasteiger partial charge in [-0.1, -0.05) is 28.9 Å². The predicted octanol–water partition coefficient (Wildman–Crippen LogP) is 3.65. The Morgan fingerprint density at radius 3 is 2.57 bits per heavy atom. The minimum atomic E-state index is 0.393. The second-order valence-corrected chi connectivity index (χ2v) is 7.08. The first-order chi connectivity index (χ1) is 10.0. The molecule has 1 aliphatic heterocycles. The lowest BCUT2D eigenvalue weighted by Crippen LogP contribution is -2.42. The standard InChI is InChI=1S/C17H28BrN3/c1-5-19-13(2)16-7-6-14(18)12-17(16)21-10-8-15(9-11-21)20(3)4/h6-7,12-13,15,19H,5,8-11H2,1-4H3. The van der Waals surface area contributed by atoms with Crippen LogP contribution in [0.15, 0.2) is 22.7 Å². The summed E-state index contributed by atoms with van der Waals surface area (Å²) in [5, 5.41) is 3.54. The van der Waals surface area contributed by atoms with Crippen molar-refractivity contribution in [2.75, 3.05) is 38.6 Å². The molecule has 21 heavy (non-hydrogen) atoms. The zero-order chi connectivity index (χ0) is 15.4. The van der Waals surface area contributed by atoms with Gasteiger partial charge < -0.3 is 15.1 Å². The molecule has 1 aromatic carbocycles. The van der Waals surface area contributed by atoms with E-state index in [1.165, 1.54) is 28.6 Å². The molecule has 118 valence electrons. The van der Waals surface area contributed by atoms with E-state index in [2.05, 4.69) is 77.2 Å². The summed E-state index contributed by atoms with van der Waals surface area (Å²) >= 11 is 3.63. The van der Waals surface area contributed by atoms with Crippen molar-refractivity contribution >= 4 is 21.6 Å². The summed E-state index contributed by atoms with van der Waals surface area (Å²) < 4.78 is 1.17. The van der Waals surface area contributed by atoms with E-state index in [0.29, 0.717) is 6.04 Å².